The van der Waals surface area contributed by atoms with Crippen LogP contribution in [0, 0.1) is 29.1 Å². The average molecular weight is 193 g/mol. The van der Waals surface area contributed by atoms with Crippen molar-refractivity contribution in [3.8, 4) is 18.4 Å². The molecule has 0 aromatic heterocycles. The summed E-state index contributed by atoms with van der Waals surface area (Å²) in [7, 11) is 0. The van der Waals surface area contributed by atoms with Crippen molar-refractivity contribution < 1.29 is 14.3 Å². The SMILES string of the molecule is C#C[C@](C)(OC(C)=O)C1(C#N)COC1. The third-order valence-corrected chi connectivity index (χ3v) is 2.45. The lowest BCUT2D eigenvalue weighted by atomic mass is 9.72. The second-order valence-corrected chi connectivity index (χ2v) is 3.46. The van der Waals surface area contributed by atoms with E-state index in [-0.39, 0.29) is 13.2 Å². The lowest BCUT2D eigenvalue weighted by Gasteiger charge is -2.44. The maximum absolute atomic E-state index is 10.9. The summed E-state index contributed by atoms with van der Waals surface area (Å²) in [5.41, 5.74) is -2.10. The molecular formula is C10H11NO3. The molecule has 0 saturated carbocycles. The Kier molecular flexibility index (Phi) is 2.51. The van der Waals surface area contributed by atoms with Gasteiger partial charge >= 0.3 is 5.97 Å². The normalized spacial score (nSPS) is 22.0. The van der Waals surface area contributed by atoms with Crippen LogP contribution in [0.4, 0.5) is 0 Å². The molecule has 0 spiro atoms. The molecule has 4 heteroatoms. The van der Waals surface area contributed by atoms with Crippen molar-refractivity contribution in [1.82, 2.24) is 0 Å². The van der Waals surface area contributed by atoms with Crippen molar-refractivity contribution in [1.29, 1.82) is 5.26 Å². The number of nitriles is 1. The standard InChI is InChI=1S/C10H11NO3/c1-4-9(3,14-8(2)12)10(5-11)6-13-7-10/h1H,6-7H2,2-3H3/t9-/m0/s1. The zero-order valence-corrected chi connectivity index (χ0v) is 8.16. The highest BCUT2D eigenvalue weighted by Crippen LogP contribution is 2.40. The predicted molar refractivity (Wildman–Crippen MR) is 47.9 cm³/mol. The smallest absolute Gasteiger partial charge is 0.304 e. The Morgan fingerprint density at radius 1 is 1.71 bits per heavy atom. The minimum absolute atomic E-state index is 0.206. The molecule has 0 radical (unpaired) electrons. The molecule has 4 nitrogen and oxygen atoms in total. The van der Waals surface area contributed by atoms with Gasteiger partial charge in [0.1, 0.15) is 0 Å². The Morgan fingerprint density at radius 2 is 2.29 bits per heavy atom. The highest BCUT2D eigenvalue weighted by atomic mass is 16.6. The van der Waals surface area contributed by atoms with Gasteiger partial charge in [-0.1, -0.05) is 5.92 Å². The molecule has 0 aliphatic carbocycles. The summed E-state index contributed by atoms with van der Waals surface area (Å²) >= 11 is 0. The van der Waals surface area contributed by atoms with E-state index >= 15 is 0 Å². The van der Waals surface area contributed by atoms with Crippen LogP contribution in [0.3, 0.4) is 0 Å². The number of hydrogen-bond acceptors (Lipinski definition) is 4. The number of rotatable bonds is 2. The van der Waals surface area contributed by atoms with Crippen molar-refractivity contribution in [3.05, 3.63) is 0 Å². The van der Waals surface area contributed by atoms with Gasteiger partial charge in [0.25, 0.3) is 0 Å². The van der Waals surface area contributed by atoms with Gasteiger partial charge in [-0.05, 0) is 6.92 Å². The molecule has 74 valence electrons. The summed E-state index contributed by atoms with van der Waals surface area (Å²) in [6.45, 7) is 3.23. The largest absolute Gasteiger partial charge is 0.444 e. The van der Waals surface area contributed by atoms with Crippen molar-refractivity contribution in [2.45, 2.75) is 19.4 Å². The molecule has 0 N–H and O–H groups in total. The van der Waals surface area contributed by atoms with Crippen molar-refractivity contribution >= 4 is 5.97 Å². The van der Waals surface area contributed by atoms with E-state index in [4.69, 9.17) is 21.2 Å². The zero-order valence-electron chi connectivity index (χ0n) is 8.16. The molecule has 1 saturated heterocycles. The van der Waals surface area contributed by atoms with E-state index in [1.54, 1.807) is 6.92 Å². The first kappa shape index (κ1) is 10.6. The van der Waals surface area contributed by atoms with Gasteiger partial charge < -0.3 is 9.47 Å². The summed E-state index contributed by atoms with van der Waals surface area (Å²) < 4.78 is 9.96. The quantitative estimate of drug-likeness (QED) is 0.473. The number of hydrogen-bond donors (Lipinski definition) is 0. The van der Waals surface area contributed by atoms with Gasteiger partial charge in [0, 0.05) is 6.92 Å². The number of carbonyl (C=O) groups is 1. The van der Waals surface area contributed by atoms with Crippen LogP contribution in [-0.2, 0) is 14.3 Å². The van der Waals surface area contributed by atoms with Crippen LogP contribution < -0.4 is 0 Å². The molecule has 1 aliphatic rings. The highest BCUT2D eigenvalue weighted by Gasteiger charge is 2.56. The van der Waals surface area contributed by atoms with Crippen LogP contribution >= 0.6 is 0 Å². The Balaban J connectivity index is 2.96. The summed E-state index contributed by atoms with van der Waals surface area (Å²) in [5.74, 6) is 1.86. The Hall–Kier alpha value is -1.52. The van der Waals surface area contributed by atoms with E-state index in [2.05, 4.69) is 12.0 Å². The van der Waals surface area contributed by atoms with E-state index in [0.717, 1.165) is 0 Å². The fourth-order valence-electron chi connectivity index (χ4n) is 1.31. The van der Waals surface area contributed by atoms with Crippen molar-refractivity contribution in [3.63, 3.8) is 0 Å². The van der Waals surface area contributed by atoms with Crippen LogP contribution in [0.5, 0.6) is 0 Å². The number of terminal acetylenes is 1. The van der Waals surface area contributed by atoms with Crippen LogP contribution in [-0.4, -0.2) is 24.8 Å². The Morgan fingerprint density at radius 3 is 2.50 bits per heavy atom. The molecule has 0 aromatic carbocycles. The van der Waals surface area contributed by atoms with E-state index in [1.807, 2.05) is 0 Å². The van der Waals surface area contributed by atoms with Crippen LogP contribution in [0.15, 0.2) is 0 Å². The molecule has 0 bridgehead atoms. The first-order chi connectivity index (χ1) is 6.49. The van der Waals surface area contributed by atoms with E-state index in [0.29, 0.717) is 0 Å². The number of esters is 1. The summed E-state index contributed by atoms with van der Waals surface area (Å²) in [5, 5.41) is 9.00. The number of ether oxygens (including phenoxy) is 2. The van der Waals surface area contributed by atoms with Gasteiger partial charge in [-0.25, -0.2) is 0 Å². The van der Waals surface area contributed by atoms with Gasteiger partial charge in [0.15, 0.2) is 11.0 Å². The van der Waals surface area contributed by atoms with Crippen LogP contribution in [0.1, 0.15) is 13.8 Å². The van der Waals surface area contributed by atoms with Gasteiger partial charge in [-0.2, -0.15) is 5.26 Å². The lowest BCUT2D eigenvalue weighted by Crippen LogP contribution is -2.58. The minimum Gasteiger partial charge on any atom is -0.444 e. The Labute approximate surface area is 82.8 Å². The molecule has 0 unspecified atom stereocenters. The molecule has 14 heavy (non-hydrogen) atoms. The molecule has 1 heterocycles. The average Bonchev–Trinajstić information content (AvgIpc) is 2.01. The van der Waals surface area contributed by atoms with Gasteiger partial charge in [-0.15, -0.1) is 6.42 Å². The summed E-state index contributed by atoms with van der Waals surface area (Å²) in [4.78, 5) is 10.9. The first-order valence-corrected chi connectivity index (χ1v) is 4.16. The van der Waals surface area contributed by atoms with Gasteiger partial charge in [0.05, 0.1) is 19.3 Å². The molecule has 1 rings (SSSR count). The molecule has 0 amide bonds. The maximum atomic E-state index is 10.9. The van der Waals surface area contributed by atoms with E-state index in [9.17, 15) is 4.79 Å². The fraction of sp³-hybridized carbons (Fsp3) is 0.600. The third kappa shape index (κ3) is 1.34. The van der Waals surface area contributed by atoms with Crippen molar-refractivity contribution in [2.24, 2.45) is 5.41 Å². The maximum Gasteiger partial charge on any atom is 0.304 e. The lowest BCUT2D eigenvalue weighted by molar-refractivity contribution is -0.190. The second kappa shape index (κ2) is 3.32. The molecule has 1 atom stereocenters. The zero-order chi connectivity index (χ0) is 10.8. The molecule has 1 fully saturated rings. The predicted octanol–water partition coefficient (Wildman–Crippen LogP) is 0.482. The molecule has 0 aromatic rings. The molecule has 1 aliphatic heterocycles. The van der Waals surface area contributed by atoms with E-state index < -0.39 is 17.0 Å². The summed E-state index contributed by atoms with van der Waals surface area (Å²) in [6, 6.07) is 2.07. The monoisotopic (exact) mass is 193 g/mol. The first-order valence-electron chi connectivity index (χ1n) is 4.16. The number of carbonyl (C=O) groups excluding carboxylic acids is 1. The fourth-order valence-corrected chi connectivity index (χ4v) is 1.31. The highest BCUT2D eigenvalue weighted by molar-refractivity contribution is 5.67. The van der Waals surface area contributed by atoms with Crippen LogP contribution in [0.25, 0.3) is 0 Å². The van der Waals surface area contributed by atoms with E-state index in [1.165, 1.54) is 6.92 Å². The topological polar surface area (TPSA) is 59.3 Å². The van der Waals surface area contributed by atoms with Crippen molar-refractivity contribution in [2.75, 3.05) is 13.2 Å². The summed E-state index contributed by atoms with van der Waals surface area (Å²) in [6.07, 6.45) is 5.29. The van der Waals surface area contributed by atoms with Gasteiger partial charge in [-0.3, -0.25) is 4.79 Å². The van der Waals surface area contributed by atoms with Gasteiger partial charge in [0.2, 0.25) is 0 Å². The van der Waals surface area contributed by atoms with Crippen LogP contribution in [0.2, 0.25) is 0 Å². The number of nitrogens with zero attached hydrogens (tertiary/aromatic N) is 1. The minimum atomic E-state index is -1.20. The second-order valence-electron chi connectivity index (χ2n) is 3.46. The molecular weight excluding hydrogens is 182 g/mol. The Bertz CT molecular complexity index is 332. The third-order valence-electron chi connectivity index (χ3n) is 2.45.